The fraction of sp³-hybridized carbons (Fsp3) is 0.312. The van der Waals surface area contributed by atoms with Gasteiger partial charge in [0.15, 0.2) is 0 Å². The summed E-state index contributed by atoms with van der Waals surface area (Å²) in [5.41, 5.74) is 8.66. The average Bonchev–Trinajstić information content (AvgIpc) is 3.09. The average molecular weight is 566 g/mol. The van der Waals surface area contributed by atoms with Crippen LogP contribution in [-0.2, 0) is 6.42 Å². The molecule has 0 aromatic heterocycles. The zero-order valence-electron chi connectivity index (χ0n) is 21.9. The molecule has 0 unspecified atom stereocenters. The molecule has 1 aliphatic heterocycles. The smallest absolute Gasteiger partial charge is 0.335 e. The van der Waals surface area contributed by atoms with Gasteiger partial charge in [0.05, 0.1) is 12.2 Å². The molecule has 0 amide bonds. The second-order valence-corrected chi connectivity index (χ2v) is 11.0. The van der Waals surface area contributed by atoms with Crippen LogP contribution >= 0.6 is 23.2 Å². The van der Waals surface area contributed by atoms with Gasteiger partial charge < -0.3 is 10.0 Å². The molecule has 5 rings (SSSR count). The summed E-state index contributed by atoms with van der Waals surface area (Å²) in [7, 11) is 1.83. The maximum Gasteiger partial charge on any atom is 0.335 e. The van der Waals surface area contributed by atoms with Crippen LogP contribution < -0.4 is 0 Å². The van der Waals surface area contributed by atoms with Crippen molar-refractivity contribution in [3.05, 3.63) is 104 Å². The first-order valence-corrected chi connectivity index (χ1v) is 14.1. The van der Waals surface area contributed by atoms with Crippen LogP contribution in [0, 0.1) is 5.92 Å². The summed E-state index contributed by atoms with van der Waals surface area (Å²) >= 11 is 12.9. The number of nitrogens with zero attached hydrogens (tertiary/aromatic N) is 2. The minimum atomic E-state index is -0.927. The quantitative estimate of drug-likeness (QED) is 0.285. The van der Waals surface area contributed by atoms with Crippen molar-refractivity contribution in [3.63, 3.8) is 0 Å². The summed E-state index contributed by atoms with van der Waals surface area (Å²) in [6.07, 6.45) is 3.03. The van der Waals surface area contributed by atoms with E-state index in [0.29, 0.717) is 27.9 Å². The monoisotopic (exact) mass is 564 g/mol. The van der Waals surface area contributed by atoms with E-state index in [-0.39, 0.29) is 6.67 Å². The summed E-state index contributed by atoms with van der Waals surface area (Å²) in [6.45, 7) is 2.31. The second kappa shape index (κ2) is 12.0. The van der Waals surface area contributed by atoms with Crippen LogP contribution in [0.3, 0.4) is 0 Å². The van der Waals surface area contributed by atoms with Gasteiger partial charge in [-0.1, -0.05) is 59.6 Å². The lowest BCUT2D eigenvalue weighted by atomic mass is 9.85. The molecule has 3 aromatic rings. The van der Waals surface area contributed by atoms with E-state index < -0.39 is 5.97 Å². The van der Waals surface area contributed by atoms with Crippen LogP contribution in [0.4, 0.5) is 4.39 Å². The number of carboxylic acid groups (broad SMARTS) is 1. The lowest BCUT2D eigenvalue weighted by Crippen LogP contribution is -2.50. The van der Waals surface area contributed by atoms with Crippen LogP contribution in [0.1, 0.15) is 57.4 Å². The predicted molar refractivity (Wildman–Crippen MR) is 158 cm³/mol. The van der Waals surface area contributed by atoms with Gasteiger partial charge in [0, 0.05) is 48.4 Å². The van der Waals surface area contributed by atoms with Gasteiger partial charge in [-0.15, -0.1) is 0 Å². The maximum absolute atomic E-state index is 12.5. The van der Waals surface area contributed by atoms with Crippen molar-refractivity contribution in [2.24, 2.45) is 10.9 Å². The van der Waals surface area contributed by atoms with E-state index in [4.69, 9.17) is 23.2 Å². The number of halogens is 3. The Morgan fingerprint density at radius 3 is 2.38 bits per heavy atom. The lowest BCUT2D eigenvalue weighted by molar-refractivity contribution is 0.0696. The summed E-state index contributed by atoms with van der Waals surface area (Å²) in [4.78, 5) is 18.6. The molecule has 1 aliphatic carbocycles. The number of aromatic carboxylic acids is 1. The van der Waals surface area contributed by atoms with Crippen molar-refractivity contribution < 1.29 is 14.3 Å². The molecular weight excluding hydrogens is 534 g/mol. The Kier molecular flexibility index (Phi) is 8.51. The van der Waals surface area contributed by atoms with Crippen LogP contribution in [-0.4, -0.2) is 55.0 Å². The van der Waals surface area contributed by atoms with E-state index in [0.717, 1.165) is 83.6 Å². The van der Waals surface area contributed by atoms with E-state index in [1.54, 1.807) is 18.2 Å². The molecule has 3 aromatic carbocycles. The topological polar surface area (TPSA) is 52.9 Å². The molecule has 1 heterocycles. The number of aryl methyl sites for hydroxylation is 1. The highest BCUT2D eigenvalue weighted by Gasteiger charge is 2.31. The van der Waals surface area contributed by atoms with E-state index in [1.807, 2.05) is 25.2 Å². The first-order chi connectivity index (χ1) is 18.9. The Labute approximate surface area is 238 Å². The molecule has 0 radical (unpaired) electrons. The minimum absolute atomic E-state index is 0.281. The molecule has 0 bridgehead atoms. The molecule has 0 spiro atoms. The molecule has 7 heteroatoms. The predicted octanol–water partition coefficient (Wildman–Crippen LogP) is 7.70. The maximum atomic E-state index is 12.5. The van der Waals surface area contributed by atoms with E-state index in [1.165, 1.54) is 0 Å². The largest absolute Gasteiger partial charge is 0.478 e. The van der Waals surface area contributed by atoms with Crippen molar-refractivity contribution in [2.45, 2.75) is 25.7 Å². The number of hydrogen-bond acceptors (Lipinski definition) is 3. The molecule has 1 fully saturated rings. The number of rotatable bonds is 8. The number of alkyl halides is 1. The molecule has 4 nitrogen and oxygen atoms in total. The SMILES string of the molecule is CN=C(c1ccc(C2=C(c3ccc(Cl)cc3Cl)CCCc3cc(C(=O)O)ccc32)cc1)C1CN(CCCF)C1. The van der Waals surface area contributed by atoms with Crippen molar-refractivity contribution in [2.75, 3.05) is 33.4 Å². The summed E-state index contributed by atoms with van der Waals surface area (Å²) < 4.78 is 12.5. The Hall–Kier alpha value is -2.99. The number of benzene rings is 3. The third-order valence-corrected chi connectivity index (χ3v) is 8.26. The second-order valence-electron chi connectivity index (χ2n) is 10.2. The highest BCUT2D eigenvalue weighted by atomic mass is 35.5. The van der Waals surface area contributed by atoms with E-state index in [2.05, 4.69) is 34.2 Å². The summed E-state index contributed by atoms with van der Waals surface area (Å²) in [5, 5.41) is 10.8. The Balaban J connectivity index is 1.56. The number of allylic oxidation sites excluding steroid dienone is 1. The first kappa shape index (κ1) is 27.6. The van der Waals surface area contributed by atoms with Gasteiger partial charge in [-0.25, -0.2) is 4.79 Å². The Morgan fingerprint density at radius 2 is 1.72 bits per heavy atom. The molecule has 202 valence electrons. The zero-order chi connectivity index (χ0) is 27.5. The highest BCUT2D eigenvalue weighted by Crippen LogP contribution is 2.42. The normalized spacial score (nSPS) is 16.6. The van der Waals surface area contributed by atoms with Crippen LogP contribution in [0.2, 0.25) is 10.0 Å². The molecule has 39 heavy (non-hydrogen) atoms. The van der Waals surface area contributed by atoms with Gasteiger partial charge in [-0.05, 0) is 88.9 Å². The molecule has 1 saturated heterocycles. The summed E-state index contributed by atoms with van der Waals surface area (Å²) in [5.74, 6) is -0.584. The minimum Gasteiger partial charge on any atom is -0.478 e. The van der Waals surface area contributed by atoms with Gasteiger partial charge in [-0.3, -0.25) is 9.38 Å². The number of hydrogen-bond donors (Lipinski definition) is 1. The van der Waals surface area contributed by atoms with Gasteiger partial charge in [0.2, 0.25) is 0 Å². The molecular formula is C32H31Cl2FN2O2. The molecule has 1 N–H and O–H groups in total. The van der Waals surface area contributed by atoms with E-state index in [9.17, 15) is 14.3 Å². The number of aliphatic imine (C=N–C) groups is 1. The molecule has 2 aliphatic rings. The highest BCUT2D eigenvalue weighted by molar-refractivity contribution is 6.36. The first-order valence-electron chi connectivity index (χ1n) is 13.3. The van der Waals surface area contributed by atoms with Gasteiger partial charge >= 0.3 is 5.97 Å². The van der Waals surface area contributed by atoms with Gasteiger partial charge in [0.1, 0.15) is 0 Å². The fourth-order valence-electron chi connectivity index (χ4n) is 5.82. The standard InChI is InChI=1S/C32H31Cl2FN2O2/c1-36-31(24-18-37(19-24)15-3-14-35)21-8-6-20(7-9-21)30-26-12-10-23(32(38)39)16-22(26)4-2-5-28(30)27-13-11-25(33)17-29(27)34/h6-13,16-17,24H,2-5,14-15,18-19H2,1H3,(H,38,39). The van der Waals surface area contributed by atoms with Crippen molar-refractivity contribution in [1.29, 1.82) is 0 Å². The van der Waals surface area contributed by atoms with Gasteiger partial charge in [0.25, 0.3) is 0 Å². The third kappa shape index (κ3) is 5.81. The van der Waals surface area contributed by atoms with Crippen LogP contribution in [0.25, 0.3) is 11.1 Å². The number of carbonyl (C=O) groups is 1. The van der Waals surface area contributed by atoms with Crippen molar-refractivity contribution in [3.8, 4) is 0 Å². The summed E-state index contributed by atoms with van der Waals surface area (Å²) in [6, 6.07) is 19.5. The molecule has 0 saturated carbocycles. The number of fused-ring (bicyclic) bond motifs is 1. The third-order valence-electron chi connectivity index (χ3n) is 7.71. The Morgan fingerprint density at radius 1 is 1.00 bits per heavy atom. The fourth-order valence-corrected chi connectivity index (χ4v) is 6.34. The number of carboxylic acids is 1. The van der Waals surface area contributed by atoms with Crippen molar-refractivity contribution in [1.82, 2.24) is 4.90 Å². The zero-order valence-corrected chi connectivity index (χ0v) is 23.4. The lowest BCUT2D eigenvalue weighted by Gasteiger charge is -2.40. The van der Waals surface area contributed by atoms with Crippen molar-refractivity contribution >= 4 is 46.0 Å². The number of likely N-dealkylation sites (tertiary alicyclic amines) is 1. The molecule has 0 atom stereocenters. The van der Waals surface area contributed by atoms with Crippen LogP contribution in [0.15, 0.2) is 65.7 Å². The van der Waals surface area contributed by atoms with E-state index >= 15 is 0 Å². The van der Waals surface area contributed by atoms with Crippen LogP contribution in [0.5, 0.6) is 0 Å². The Bertz CT molecular complexity index is 1440. The van der Waals surface area contributed by atoms with Gasteiger partial charge in [-0.2, -0.15) is 0 Å².